The Labute approximate surface area is 151 Å². The molecule has 128 valence electrons. The molecular formula is C20H19ClN2O2. The first-order chi connectivity index (χ1) is 12.1. The topological polar surface area (TPSA) is 62.0 Å². The Morgan fingerprint density at radius 2 is 1.88 bits per heavy atom. The van der Waals surface area contributed by atoms with E-state index in [9.17, 15) is 9.59 Å². The maximum Gasteiger partial charge on any atom is 0.220 e. The number of hydrogen-bond acceptors (Lipinski definition) is 2. The highest BCUT2D eigenvalue weighted by molar-refractivity contribution is 6.31. The number of para-hydroxylation sites is 1. The van der Waals surface area contributed by atoms with Gasteiger partial charge in [0.25, 0.3) is 0 Å². The third kappa shape index (κ3) is 4.48. The highest BCUT2D eigenvalue weighted by Gasteiger charge is 2.10. The lowest BCUT2D eigenvalue weighted by Crippen LogP contribution is -2.26. The van der Waals surface area contributed by atoms with Crippen LogP contribution in [0.15, 0.2) is 54.7 Å². The molecule has 0 saturated carbocycles. The summed E-state index contributed by atoms with van der Waals surface area (Å²) in [6, 6.07) is 14.9. The van der Waals surface area contributed by atoms with E-state index in [-0.39, 0.29) is 24.5 Å². The molecule has 0 aliphatic heterocycles. The van der Waals surface area contributed by atoms with Crippen molar-refractivity contribution in [3.63, 3.8) is 0 Å². The van der Waals surface area contributed by atoms with E-state index in [1.807, 2.05) is 24.4 Å². The fraction of sp³-hybridized carbons (Fsp3) is 0.200. The number of nitrogens with one attached hydrogen (secondary N) is 2. The van der Waals surface area contributed by atoms with Crippen LogP contribution in [-0.4, -0.2) is 23.2 Å². The summed E-state index contributed by atoms with van der Waals surface area (Å²) in [7, 11) is 0. The van der Waals surface area contributed by atoms with Crippen LogP contribution in [-0.2, 0) is 11.2 Å². The number of ketones is 1. The van der Waals surface area contributed by atoms with E-state index in [4.69, 9.17) is 11.6 Å². The molecule has 0 spiro atoms. The molecule has 2 N–H and O–H groups in total. The van der Waals surface area contributed by atoms with Gasteiger partial charge in [-0.25, -0.2) is 0 Å². The molecule has 0 atom stereocenters. The van der Waals surface area contributed by atoms with Crippen molar-refractivity contribution in [1.29, 1.82) is 0 Å². The predicted molar refractivity (Wildman–Crippen MR) is 100 cm³/mol. The number of amides is 1. The molecule has 1 amide bonds. The van der Waals surface area contributed by atoms with Gasteiger partial charge in [-0.1, -0.05) is 41.9 Å². The summed E-state index contributed by atoms with van der Waals surface area (Å²) in [6.07, 6.45) is 3.08. The number of carbonyl (C=O) groups is 2. The maximum absolute atomic E-state index is 12.1. The van der Waals surface area contributed by atoms with Gasteiger partial charge in [0.05, 0.1) is 0 Å². The molecule has 0 bridgehead atoms. The van der Waals surface area contributed by atoms with Gasteiger partial charge in [-0.3, -0.25) is 9.59 Å². The van der Waals surface area contributed by atoms with E-state index < -0.39 is 0 Å². The molecule has 0 aliphatic carbocycles. The molecule has 25 heavy (non-hydrogen) atoms. The van der Waals surface area contributed by atoms with Crippen LogP contribution < -0.4 is 5.32 Å². The minimum Gasteiger partial charge on any atom is -0.361 e. The van der Waals surface area contributed by atoms with Crippen molar-refractivity contribution in [1.82, 2.24) is 10.3 Å². The molecule has 0 unspecified atom stereocenters. The number of rotatable bonds is 7. The Balaban J connectivity index is 1.44. The van der Waals surface area contributed by atoms with Crippen LogP contribution in [0.5, 0.6) is 0 Å². The van der Waals surface area contributed by atoms with Crippen LogP contribution in [0.4, 0.5) is 0 Å². The molecule has 1 heterocycles. The third-order valence-electron chi connectivity index (χ3n) is 4.12. The van der Waals surface area contributed by atoms with Crippen LogP contribution >= 0.6 is 11.6 Å². The van der Waals surface area contributed by atoms with Gasteiger partial charge in [0.15, 0.2) is 5.78 Å². The van der Waals surface area contributed by atoms with Gasteiger partial charge in [-0.2, -0.15) is 0 Å². The maximum atomic E-state index is 12.1. The molecule has 4 nitrogen and oxygen atoms in total. The molecule has 3 rings (SSSR count). The van der Waals surface area contributed by atoms with Gasteiger partial charge in [-0.15, -0.1) is 0 Å². The summed E-state index contributed by atoms with van der Waals surface area (Å²) < 4.78 is 0. The van der Waals surface area contributed by atoms with Gasteiger partial charge >= 0.3 is 0 Å². The number of fused-ring (bicyclic) bond motifs is 1. The molecule has 0 fully saturated rings. The summed E-state index contributed by atoms with van der Waals surface area (Å²) in [4.78, 5) is 27.2. The van der Waals surface area contributed by atoms with Crippen molar-refractivity contribution in [2.45, 2.75) is 19.3 Å². The number of H-pyrrole nitrogens is 1. The first-order valence-corrected chi connectivity index (χ1v) is 8.62. The van der Waals surface area contributed by atoms with E-state index >= 15 is 0 Å². The highest BCUT2D eigenvalue weighted by atomic mass is 35.5. The Hall–Kier alpha value is -2.59. The summed E-state index contributed by atoms with van der Waals surface area (Å²) >= 11 is 5.88. The normalized spacial score (nSPS) is 10.8. The van der Waals surface area contributed by atoms with Crippen molar-refractivity contribution >= 4 is 34.2 Å². The van der Waals surface area contributed by atoms with Gasteiger partial charge < -0.3 is 10.3 Å². The third-order valence-corrected chi connectivity index (χ3v) is 4.35. The zero-order valence-corrected chi connectivity index (χ0v) is 14.5. The van der Waals surface area contributed by atoms with Crippen molar-refractivity contribution in [2.75, 3.05) is 6.54 Å². The fourth-order valence-electron chi connectivity index (χ4n) is 2.80. The molecule has 0 saturated heterocycles. The average molecular weight is 355 g/mol. The lowest BCUT2D eigenvalue weighted by atomic mass is 10.1. The minimum atomic E-state index is -0.116. The standard InChI is InChI=1S/C20H19ClN2O2/c21-16-5-3-4-14(12-16)19(24)8-9-20(25)22-11-10-15-13-23-18-7-2-1-6-17(15)18/h1-7,12-13,23H,8-11H2,(H,22,25). The van der Waals surface area contributed by atoms with E-state index in [1.165, 1.54) is 10.9 Å². The second kappa shape index (κ2) is 7.99. The number of Topliss-reactive ketones (excluding diaryl/α,β-unsaturated/α-hetero) is 1. The summed E-state index contributed by atoms with van der Waals surface area (Å²) in [5.41, 5.74) is 2.81. The van der Waals surface area contributed by atoms with Gasteiger partial charge in [-0.05, 0) is 30.2 Å². The number of hydrogen-bond donors (Lipinski definition) is 2. The molecule has 2 aromatic carbocycles. The van der Waals surface area contributed by atoms with E-state index in [0.717, 1.165) is 11.9 Å². The summed E-state index contributed by atoms with van der Waals surface area (Å²) in [6.45, 7) is 0.548. The van der Waals surface area contributed by atoms with Crippen molar-refractivity contribution in [2.24, 2.45) is 0 Å². The minimum absolute atomic E-state index is 0.0747. The zero-order chi connectivity index (χ0) is 17.6. The Morgan fingerprint density at radius 1 is 1.04 bits per heavy atom. The van der Waals surface area contributed by atoms with E-state index in [2.05, 4.69) is 16.4 Å². The van der Waals surface area contributed by atoms with Crippen LogP contribution in [0, 0.1) is 0 Å². The van der Waals surface area contributed by atoms with Crippen molar-refractivity contribution in [3.8, 4) is 0 Å². The Kier molecular flexibility index (Phi) is 5.51. The number of halogens is 1. The van der Waals surface area contributed by atoms with Crippen LogP contribution in [0.1, 0.15) is 28.8 Å². The van der Waals surface area contributed by atoms with E-state index in [1.54, 1.807) is 24.3 Å². The first kappa shape index (κ1) is 17.2. The lowest BCUT2D eigenvalue weighted by Gasteiger charge is -2.05. The Morgan fingerprint density at radius 3 is 2.72 bits per heavy atom. The number of aromatic amines is 1. The second-order valence-electron chi connectivity index (χ2n) is 5.89. The molecule has 5 heteroatoms. The zero-order valence-electron chi connectivity index (χ0n) is 13.7. The lowest BCUT2D eigenvalue weighted by molar-refractivity contribution is -0.121. The number of carbonyl (C=O) groups excluding carboxylic acids is 2. The molecule has 3 aromatic rings. The SMILES string of the molecule is O=C(CCC(=O)c1cccc(Cl)c1)NCCc1c[nH]c2ccccc12. The van der Waals surface area contributed by atoms with Gasteiger partial charge in [0.1, 0.15) is 0 Å². The van der Waals surface area contributed by atoms with Crippen molar-refractivity contribution in [3.05, 3.63) is 70.9 Å². The first-order valence-electron chi connectivity index (χ1n) is 8.24. The average Bonchev–Trinajstić information content (AvgIpc) is 3.03. The quantitative estimate of drug-likeness (QED) is 0.626. The second-order valence-corrected chi connectivity index (χ2v) is 6.33. The van der Waals surface area contributed by atoms with Crippen LogP contribution in [0.3, 0.4) is 0 Å². The number of benzene rings is 2. The van der Waals surface area contributed by atoms with Crippen molar-refractivity contribution < 1.29 is 9.59 Å². The summed E-state index contributed by atoms with van der Waals surface area (Å²) in [5, 5.41) is 4.57. The smallest absolute Gasteiger partial charge is 0.220 e. The number of aromatic nitrogens is 1. The molecule has 1 aromatic heterocycles. The summed E-state index contributed by atoms with van der Waals surface area (Å²) in [5.74, 6) is -0.190. The van der Waals surface area contributed by atoms with Gasteiger partial charge in [0.2, 0.25) is 5.91 Å². The predicted octanol–water partition coefficient (Wildman–Crippen LogP) is 4.14. The fourth-order valence-corrected chi connectivity index (χ4v) is 2.99. The molecule has 0 aliphatic rings. The van der Waals surface area contributed by atoms with Gasteiger partial charge in [0, 0.05) is 47.1 Å². The van der Waals surface area contributed by atoms with E-state index in [0.29, 0.717) is 17.1 Å². The largest absolute Gasteiger partial charge is 0.361 e. The molecule has 0 radical (unpaired) electrons. The molecular weight excluding hydrogens is 336 g/mol. The van der Waals surface area contributed by atoms with Crippen LogP contribution in [0.25, 0.3) is 10.9 Å². The van der Waals surface area contributed by atoms with Crippen LogP contribution in [0.2, 0.25) is 5.02 Å². The highest BCUT2D eigenvalue weighted by Crippen LogP contribution is 2.17. The Bertz CT molecular complexity index is 901. The monoisotopic (exact) mass is 354 g/mol.